The molecule has 132 valence electrons. The van der Waals surface area contributed by atoms with Crippen molar-refractivity contribution in [3.8, 4) is 0 Å². The SMILES string of the molecule is CSCC[C@H](N)C(=O)O.N=[SH-]=O.NC(=O)CC[C@H](N)C(=O)O. The molecule has 0 aromatic carbocycles. The van der Waals surface area contributed by atoms with E-state index in [0.29, 0.717) is 6.42 Å². The average Bonchev–Trinajstić information content (AvgIpc) is 2.43. The Morgan fingerprint density at radius 3 is 1.77 bits per heavy atom. The van der Waals surface area contributed by atoms with Gasteiger partial charge < -0.3 is 36.4 Å². The Morgan fingerprint density at radius 1 is 1.14 bits per heavy atom. The van der Waals surface area contributed by atoms with E-state index in [4.69, 9.17) is 36.4 Å². The molecule has 0 fully saturated rings. The smallest absolute Gasteiger partial charge is 0.320 e. The van der Waals surface area contributed by atoms with Crippen LogP contribution in [0.25, 0.3) is 0 Å². The lowest BCUT2D eigenvalue weighted by atomic mass is 10.2. The van der Waals surface area contributed by atoms with E-state index in [9.17, 15) is 14.4 Å². The number of aliphatic carboxylic acids is 2. The molecule has 0 saturated carbocycles. The molecule has 0 aromatic heterocycles. The van der Waals surface area contributed by atoms with E-state index < -0.39 is 41.4 Å². The Labute approximate surface area is 135 Å². The van der Waals surface area contributed by atoms with E-state index in [-0.39, 0.29) is 12.8 Å². The number of rotatable bonds is 8. The standard InChI is InChI=1S/C5H10N2O3.C5H11NO2S.H2NOS/c6-3(5(9)10)1-2-4(7)8;1-9-3-2-4(6)5(7)8;1-3-2/h3H,1-2,6H2,(H2,7,8)(H,9,10);4H,2-3,6H2,1H3,(H,7,8);1,3H/q;;-1/t3-;4-;/m00./s1. The van der Waals surface area contributed by atoms with Crippen LogP contribution in [-0.4, -0.2) is 52.2 Å². The predicted octanol–water partition coefficient (Wildman–Crippen LogP) is -1.28. The molecule has 0 rings (SSSR count). The van der Waals surface area contributed by atoms with Crippen LogP contribution in [-0.2, 0) is 30.1 Å². The summed E-state index contributed by atoms with van der Waals surface area (Å²) in [6, 6.07) is -1.66. The monoisotopic (exact) mass is 359 g/mol. The number of hydrogen-bond donors (Lipinski definition) is 6. The Hall–Kier alpha value is -1.37. The lowest BCUT2D eigenvalue weighted by molar-refractivity contribution is -0.139. The van der Waals surface area contributed by atoms with Crippen molar-refractivity contribution in [3.05, 3.63) is 0 Å². The van der Waals surface area contributed by atoms with Gasteiger partial charge in [-0.15, -0.1) is 0 Å². The van der Waals surface area contributed by atoms with E-state index >= 15 is 0 Å². The summed E-state index contributed by atoms with van der Waals surface area (Å²) in [4.78, 5) is 30.2. The zero-order chi connectivity index (χ0) is 18.1. The van der Waals surface area contributed by atoms with Crippen molar-refractivity contribution in [1.29, 1.82) is 4.78 Å². The Balaban J connectivity index is -0.000000279. The zero-order valence-corrected chi connectivity index (χ0v) is 13.8. The first-order valence-electron chi connectivity index (χ1n) is 5.87. The summed E-state index contributed by atoms with van der Waals surface area (Å²) in [6.45, 7) is 0. The molecule has 1 amide bonds. The predicted molar refractivity (Wildman–Crippen MR) is 84.8 cm³/mol. The third-order valence-electron chi connectivity index (χ3n) is 1.97. The Bertz CT molecular complexity index is 376. The molecule has 9 N–H and O–H groups in total. The number of amides is 1. The number of hydrogen-bond acceptors (Lipinski definition) is 9. The molecule has 0 unspecified atom stereocenters. The number of nitrogens with two attached hydrogens (primary N) is 3. The van der Waals surface area contributed by atoms with Gasteiger partial charge in [0.15, 0.2) is 0 Å². The van der Waals surface area contributed by atoms with Crippen LogP contribution in [0, 0.1) is 4.78 Å². The highest BCUT2D eigenvalue weighted by Gasteiger charge is 2.11. The molecular weight excluding hydrogens is 336 g/mol. The lowest BCUT2D eigenvalue weighted by Crippen LogP contribution is -2.31. The molecule has 0 heterocycles. The van der Waals surface area contributed by atoms with Gasteiger partial charge >= 0.3 is 11.9 Å². The Kier molecular flexibility index (Phi) is 20.6. The fourth-order valence-electron chi connectivity index (χ4n) is 0.790. The molecule has 0 aromatic rings. The highest BCUT2D eigenvalue weighted by atomic mass is 32.2. The largest absolute Gasteiger partial charge is 0.480 e. The highest BCUT2D eigenvalue weighted by Crippen LogP contribution is 1.97. The fourth-order valence-corrected chi connectivity index (χ4v) is 1.28. The van der Waals surface area contributed by atoms with Gasteiger partial charge in [-0.1, -0.05) is 0 Å². The summed E-state index contributed by atoms with van der Waals surface area (Å²) < 4.78 is 14.2. The van der Waals surface area contributed by atoms with Gasteiger partial charge in [-0.25, -0.2) is 11.5 Å². The van der Waals surface area contributed by atoms with Gasteiger partial charge in [0.05, 0.1) is 0 Å². The number of carboxylic acid groups (broad SMARTS) is 2. The van der Waals surface area contributed by atoms with E-state index in [1.54, 1.807) is 11.8 Å². The Morgan fingerprint density at radius 2 is 1.50 bits per heavy atom. The first-order valence-corrected chi connectivity index (χ1v) is 8.07. The fraction of sp³-hybridized carbons (Fsp3) is 0.700. The normalized spacial score (nSPS) is 11.8. The quantitative estimate of drug-likeness (QED) is 0.225. The third kappa shape index (κ3) is 23.7. The maximum Gasteiger partial charge on any atom is 0.320 e. The number of carboxylic acids is 2. The number of thiol groups is 1. The van der Waals surface area contributed by atoms with Crippen LogP contribution in [0.15, 0.2) is 0 Å². The van der Waals surface area contributed by atoms with Crippen molar-refractivity contribution in [2.24, 2.45) is 17.2 Å². The number of thioether (sulfide) groups is 1. The van der Waals surface area contributed by atoms with Gasteiger partial charge in [-0.05, 0) is 24.9 Å². The molecule has 0 aliphatic heterocycles. The van der Waals surface area contributed by atoms with Gasteiger partial charge in [-0.2, -0.15) is 11.8 Å². The first-order chi connectivity index (χ1) is 10.1. The topological polar surface area (TPSA) is 211 Å². The van der Waals surface area contributed by atoms with Gasteiger partial charge in [0.25, 0.3) is 0 Å². The van der Waals surface area contributed by atoms with Crippen LogP contribution in [0.5, 0.6) is 0 Å². The second-order valence-electron chi connectivity index (χ2n) is 3.77. The van der Waals surface area contributed by atoms with Crippen molar-refractivity contribution >= 4 is 41.1 Å². The average molecular weight is 359 g/mol. The van der Waals surface area contributed by atoms with Gasteiger partial charge in [-0.3, -0.25) is 14.4 Å². The second kappa shape index (κ2) is 17.7. The van der Waals surface area contributed by atoms with E-state index in [0.717, 1.165) is 5.75 Å². The molecule has 10 nitrogen and oxygen atoms in total. The maximum absolute atomic E-state index is 10.1. The third-order valence-corrected chi connectivity index (χ3v) is 2.61. The van der Waals surface area contributed by atoms with Crippen LogP contribution >= 0.6 is 11.8 Å². The van der Waals surface area contributed by atoms with Crippen LogP contribution < -0.4 is 17.2 Å². The zero-order valence-electron chi connectivity index (χ0n) is 12.1. The summed E-state index contributed by atoms with van der Waals surface area (Å²) >= 11 is 1.02. The second-order valence-corrected chi connectivity index (χ2v) is 4.94. The molecule has 0 aliphatic rings. The minimum absolute atomic E-state index is 0.0213. The van der Waals surface area contributed by atoms with E-state index in [1.807, 2.05) is 6.26 Å². The number of carbonyl (C=O) groups is 3. The van der Waals surface area contributed by atoms with Gasteiger partial charge in [0, 0.05) is 6.42 Å². The number of primary amides is 1. The van der Waals surface area contributed by atoms with Crippen molar-refractivity contribution in [2.45, 2.75) is 31.3 Å². The van der Waals surface area contributed by atoms with Crippen LogP contribution in [0.3, 0.4) is 0 Å². The summed E-state index contributed by atoms with van der Waals surface area (Å²) in [5.41, 5.74) is 15.0. The highest BCUT2D eigenvalue weighted by molar-refractivity contribution is 7.98. The van der Waals surface area contributed by atoms with Gasteiger partial charge in [0.2, 0.25) is 5.91 Å². The molecule has 0 radical (unpaired) electrons. The van der Waals surface area contributed by atoms with Crippen molar-refractivity contribution in [1.82, 2.24) is 0 Å². The van der Waals surface area contributed by atoms with Crippen molar-refractivity contribution in [2.75, 3.05) is 12.0 Å². The summed E-state index contributed by atoms with van der Waals surface area (Å²) in [7, 11) is 0. The maximum atomic E-state index is 10.1. The summed E-state index contributed by atoms with van der Waals surface area (Å²) in [5.74, 6) is -1.74. The molecular formula is C10H23N4O6S2-. The molecule has 12 heteroatoms. The van der Waals surface area contributed by atoms with Gasteiger partial charge in [0.1, 0.15) is 12.1 Å². The van der Waals surface area contributed by atoms with Crippen LogP contribution in [0.4, 0.5) is 0 Å². The molecule has 2 atom stereocenters. The van der Waals surface area contributed by atoms with Crippen molar-refractivity contribution < 1.29 is 28.8 Å². The lowest BCUT2D eigenvalue weighted by Gasteiger charge is -2.02. The van der Waals surface area contributed by atoms with Crippen molar-refractivity contribution in [3.63, 3.8) is 0 Å². The number of carbonyl (C=O) groups excluding carboxylic acids is 1. The minimum Gasteiger partial charge on any atom is -0.480 e. The van der Waals surface area contributed by atoms with E-state index in [2.05, 4.69) is 0 Å². The first kappa shape index (κ1) is 25.6. The van der Waals surface area contributed by atoms with Crippen LogP contribution in [0.2, 0.25) is 0 Å². The van der Waals surface area contributed by atoms with E-state index in [1.165, 1.54) is 0 Å². The number of nitrogens with one attached hydrogen (secondary N) is 1. The molecule has 0 aliphatic carbocycles. The molecule has 0 bridgehead atoms. The molecule has 0 spiro atoms. The van der Waals surface area contributed by atoms with Crippen LogP contribution in [0.1, 0.15) is 19.3 Å². The summed E-state index contributed by atoms with van der Waals surface area (Å²) in [5, 5.41) is 16.5. The minimum atomic E-state index is -1.11. The summed E-state index contributed by atoms with van der Waals surface area (Å²) in [6.07, 6.45) is 2.60. The molecule has 22 heavy (non-hydrogen) atoms. The molecule has 0 saturated heterocycles.